The molecule has 6 rings (SSSR count). The number of rotatable bonds is 0. The standard InChI is InChI=1S/C23H24O/c1-12-13(2)23(5)20-17-11-7-9-15-8-6-10-16(18(15)17)19(20)22(12,4)14(3)21(23)24/h6-11,14,19-20H,1-5H3/t14-,19+,20-,22-,23-/m1/s1. The van der Waals surface area contributed by atoms with Gasteiger partial charge in [-0.1, -0.05) is 61.4 Å². The zero-order valence-corrected chi connectivity index (χ0v) is 15.1. The Hall–Kier alpha value is -1.89. The van der Waals surface area contributed by atoms with Gasteiger partial charge < -0.3 is 0 Å². The van der Waals surface area contributed by atoms with E-state index in [2.05, 4.69) is 71.0 Å². The third-order valence-electron chi connectivity index (χ3n) is 8.19. The van der Waals surface area contributed by atoms with Crippen molar-refractivity contribution in [3.05, 3.63) is 58.7 Å². The highest BCUT2D eigenvalue weighted by molar-refractivity contribution is 6.00. The summed E-state index contributed by atoms with van der Waals surface area (Å²) in [4.78, 5) is 13.4. The fourth-order valence-corrected chi connectivity index (χ4v) is 6.51. The maximum atomic E-state index is 13.4. The van der Waals surface area contributed by atoms with Gasteiger partial charge in [0, 0.05) is 23.2 Å². The number of carbonyl (C=O) groups excluding carboxylic acids is 1. The molecule has 0 heterocycles. The summed E-state index contributed by atoms with van der Waals surface area (Å²) in [7, 11) is 0. The minimum atomic E-state index is -0.362. The van der Waals surface area contributed by atoms with Gasteiger partial charge in [-0.15, -0.1) is 0 Å². The van der Waals surface area contributed by atoms with E-state index in [0.29, 0.717) is 11.7 Å². The van der Waals surface area contributed by atoms with E-state index in [1.807, 2.05) is 0 Å². The summed E-state index contributed by atoms with van der Waals surface area (Å²) in [6.07, 6.45) is 0. The van der Waals surface area contributed by atoms with Gasteiger partial charge in [-0.2, -0.15) is 0 Å². The van der Waals surface area contributed by atoms with Crippen LogP contribution in [0.5, 0.6) is 0 Å². The van der Waals surface area contributed by atoms with Crippen LogP contribution in [0.25, 0.3) is 10.8 Å². The summed E-state index contributed by atoms with van der Waals surface area (Å²) in [5, 5.41) is 2.73. The zero-order chi connectivity index (χ0) is 17.0. The summed E-state index contributed by atoms with van der Waals surface area (Å²) in [5.41, 5.74) is 5.19. The number of carbonyl (C=O) groups is 1. The van der Waals surface area contributed by atoms with E-state index in [4.69, 9.17) is 0 Å². The average Bonchev–Trinajstić information content (AvgIpc) is 2.94. The molecule has 1 nitrogen and oxygen atoms in total. The molecule has 0 unspecified atom stereocenters. The van der Waals surface area contributed by atoms with E-state index in [9.17, 15) is 4.79 Å². The summed E-state index contributed by atoms with van der Waals surface area (Å²) < 4.78 is 0. The molecule has 0 spiro atoms. The molecule has 4 aliphatic carbocycles. The lowest BCUT2D eigenvalue weighted by molar-refractivity contribution is -0.143. The van der Waals surface area contributed by atoms with E-state index in [0.717, 1.165) is 0 Å². The van der Waals surface area contributed by atoms with Crippen LogP contribution in [0.3, 0.4) is 0 Å². The monoisotopic (exact) mass is 316 g/mol. The van der Waals surface area contributed by atoms with Crippen LogP contribution >= 0.6 is 0 Å². The van der Waals surface area contributed by atoms with Crippen LogP contribution in [0, 0.1) is 16.7 Å². The maximum Gasteiger partial charge on any atom is 0.147 e. The quantitative estimate of drug-likeness (QED) is 0.578. The maximum absolute atomic E-state index is 13.4. The largest absolute Gasteiger partial charge is 0.298 e. The fraction of sp³-hybridized carbons (Fsp3) is 0.435. The molecule has 2 aromatic rings. The van der Waals surface area contributed by atoms with Crippen molar-refractivity contribution in [2.45, 2.75) is 46.5 Å². The van der Waals surface area contributed by atoms with Gasteiger partial charge in [0.2, 0.25) is 0 Å². The van der Waals surface area contributed by atoms with E-state index in [1.54, 1.807) is 0 Å². The van der Waals surface area contributed by atoms with Crippen LogP contribution in [0.4, 0.5) is 0 Å². The Labute approximate surface area is 143 Å². The van der Waals surface area contributed by atoms with Crippen LogP contribution in [0.1, 0.15) is 57.6 Å². The molecule has 2 bridgehead atoms. The van der Waals surface area contributed by atoms with E-state index < -0.39 is 0 Å². The molecule has 0 radical (unpaired) electrons. The topological polar surface area (TPSA) is 17.1 Å². The number of hydrogen-bond donors (Lipinski definition) is 0. The molecule has 122 valence electrons. The van der Waals surface area contributed by atoms with Crippen molar-refractivity contribution in [1.29, 1.82) is 0 Å². The van der Waals surface area contributed by atoms with Gasteiger partial charge in [-0.3, -0.25) is 4.79 Å². The van der Waals surface area contributed by atoms with Gasteiger partial charge in [0.15, 0.2) is 0 Å². The fourth-order valence-electron chi connectivity index (χ4n) is 6.51. The lowest BCUT2D eigenvalue weighted by Crippen LogP contribution is -2.59. The Kier molecular flexibility index (Phi) is 2.42. The number of Topliss-reactive ketones (excluding diaryl/α,β-unsaturated/α-hetero) is 1. The molecule has 0 amide bonds. The van der Waals surface area contributed by atoms with E-state index in [1.165, 1.54) is 33.0 Å². The predicted molar refractivity (Wildman–Crippen MR) is 98.2 cm³/mol. The molecule has 24 heavy (non-hydrogen) atoms. The molecule has 4 aliphatic rings. The van der Waals surface area contributed by atoms with Crippen molar-refractivity contribution < 1.29 is 4.79 Å². The second-order valence-corrected chi connectivity index (χ2v) is 8.57. The highest BCUT2D eigenvalue weighted by Crippen LogP contribution is 2.74. The molecule has 1 heteroatoms. The third-order valence-corrected chi connectivity index (χ3v) is 8.19. The first kappa shape index (κ1) is 14.5. The van der Waals surface area contributed by atoms with E-state index >= 15 is 0 Å². The molecule has 1 fully saturated rings. The zero-order valence-electron chi connectivity index (χ0n) is 15.1. The van der Waals surface area contributed by atoms with Crippen molar-refractivity contribution in [3.8, 4) is 0 Å². The van der Waals surface area contributed by atoms with Crippen molar-refractivity contribution in [2.24, 2.45) is 16.7 Å². The Balaban J connectivity index is 1.96. The van der Waals surface area contributed by atoms with Crippen LogP contribution in [0.15, 0.2) is 47.5 Å². The molecule has 2 aromatic carbocycles. The van der Waals surface area contributed by atoms with Gasteiger partial charge in [0.05, 0.1) is 5.41 Å². The second kappa shape index (κ2) is 4.02. The van der Waals surface area contributed by atoms with Gasteiger partial charge in [0.25, 0.3) is 0 Å². The minimum absolute atomic E-state index is 0.0725. The first-order valence-electron chi connectivity index (χ1n) is 9.08. The summed E-state index contributed by atoms with van der Waals surface area (Å²) in [5.74, 6) is 1.23. The first-order valence-corrected chi connectivity index (χ1v) is 9.08. The Morgan fingerprint density at radius 3 is 2.08 bits per heavy atom. The van der Waals surface area contributed by atoms with Crippen LogP contribution in [-0.4, -0.2) is 5.78 Å². The van der Waals surface area contributed by atoms with Gasteiger partial charge in [-0.05, 0) is 42.7 Å². The summed E-state index contributed by atoms with van der Waals surface area (Å²) in [6.45, 7) is 11.2. The Morgan fingerprint density at radius 1 is 0.875 bits per heavy atom. The molecule has 5 atom stereocenters. The smallest absolute Gasteiger partial charge is 0.147 e. The molecular weight excluding hydrogens is 292 g/mol. The number of fused-ring (bicyclic) bond motifs is 1. The second-order valence-electron chi connectivity index (χ2n) is 8.57. The average molecular weight is 316 g/mol. The first-order chi connectivity index (χ1) is 11.3. The molecule has 0 saturated heterocycles. The Morgan fingerprint density at radius 2 is 1.46 bits per heavy atom. The Bertz CT molecular complexity index is 960. The third kappa shape index (κ3) is 1.20. The highest BCUT2D eigenvalue weighted by Gasteiger charge is 2.68. The van der Waals surface area contributed by atoms with Gasteiger partial charge in [-0.25, -0.2) is 0 Å². The lowest BCUT2D eigenvalue weighted by atomic mass is 9.40. The molecule has 0 aromatic heterocycles. The van der Waals surface area contributed by atoms with Gasteiger partial charge >= 0.3 is 0 Å². The van der Waals surface area contributed by atoms with Crippen LogP contribution in [-0.2, 0) is 4.79 Å². The molecule has 0 N–H and O–H groups in total. The summed E-state index contributed by atoms with van der Waals surface area (Å²) >= 11 is 0. The van der Waals surface area contributed by atoms with E-state index in [-0.39, 0.29) is 22.7 Å². The van der Waals surface area contributed by atoms with Gasteiger partial charge in [0.1, 0.15) is 5.78 Å². The molecule has 1 saturated carbocycles. The highest BCUT2D eigenvalue weighted by atomic mass is 16.1. The molecular formula is C23H24O. The van der Waals surface area contributed by atoms with Crippen LogP contribution in [0.2, 0.25) is 0 Å². The van der Waals surface area contributed by atoms with Crippen molar-refractivity contribution in [3.63, 3.8) is 0 Å². The summed E-state index contributed by atoms with van der Waals surface area (Å²) in [6, 6.07) is 13.4. The lowest BCUT2D eigenvalue weighted by Gasteiger charge is -2.61. The minimum Gasteiger partial charge on any atom is -0.298 e. The van der Waals surface area contributed by atoms with Crippen molar-refractivity contribution in [2.75, 3.05) is 0 Å². The number of benzene rings is 2. The SMILES string of the molecule is CC1=C(C)[C@]2(C)[C@H](C)C(=O)[C@@]1(C)[C@@H]1c3cccc4cccc(c34)[C@@H]12. The number of ketones is 1. The number of hydrogen-bond acceptors (Lipinski definition) is 1. The molecule has 0 aliphatic heterocycles. The van der Waals surface area contributed by atoms with Crippen molar-refractivity contribution in [1.82, 2.24) is 0 Å². The normalized spacial score (nSPS) is 39.7. The van der Waals surface area contributed by atoms with Crippen LogP contribution < -0.4 is 0 Å². The predicted octanol–water partition coefficient (Wildman–Crippen LogP) is 5.60. The number of allylic oxidation sites excluding steroid dienone is 2. The van der Waals surface area contributed by atoms with Crippen molar-refractivity contribution >= 4 is 16.6 Å².